The number of ether oxygens (including phenoxy) is 1. The summed E-state index contributed by atoms with van der Waals surface area (Å²) >= 11 is 1.27. The van der Waals surface area contributed by atoms with Crippen LogP contribution in [0.5, 0.6) is 0 Å². The number of hydrogen-bond donors (Lipinski definition) is 3. The average molecular weight is 497 g/mol. The first kappa shape index (κ1) is 24.9. The number of benzene rings is 1. The lowest BCUT2D eigenvalue weighted by molar-refractivity contribution is 0.130. The normalized spacial score (nSPS) is 14.2. The number of amides is 2. The molecule has 180 valence electrons. The summed E-state index contributed by atoms with van der Waals surface area (Å²) in [6.07, 6.45) is -1.57. The van der Waals surface area contributed by atoms with Gasteiger partial charge in [-0.15, -0.1) is 11.3 Å². The molecule has 0 fully saturated rings. The van der Waals surface area contributed by atoms with E-state index in [1.807, 2.05) is 0 Å². The molecule has 2 heterocycles. The lowest BCUT2D eigenvalue weighted by Gasteiger charge is -2.22. The zero-order valence-electron chi connectivity index (χ0n) is 19.1. The second kappa shape index (κ2) is 9.27. The SMILES string of the molecule is CC(C)OC(=O)Nc1ccc(-c2nc3c(s2)CN(C(=O)O)CC3)c(S(=O)(=O)NC(C)(C)C)c1. The smallest absolute Gasteiger partial charge is 0.411 e. The van der Waals surface area contributed by atoms with Gasteiger partial charge in [0.05, 0.1) is 23.2 Å². The van der Waals surface area contributed by atoms with E-state index in [-0.39, 0.29) is 23.2 Å². The molecule has 0 saturated carbocycles. The molecule has 33 heavy (non-hydrogen) atoms. The third-order valence-electron chi connectivity index (χ3n) is 4.53. The molecule has 0 unspecified atom stereocenters. The highest BCUT2D eigenvalue weighted by Gasteiger charge is 2.29. The quantitative estimate of drug-likeness (QED) is 0.571. The van der Waals surface area contributed by atoms with Gasteiger partial charge >= 0.3 is 12.2 Å². The molecule has 1 aliphatic heterocycles. The predicted octanol–water partition coefficient (Wildman–Crippen LogP) is 3.88. The molecule has 1 aromatic heterocycles. The zero-order valence-corrected chi connectivity index (χ0v) is 20.8. The predicted molar refractivity (Wildman–Crippen MR) is 125 cm³/mol. The number of carboxylic acid groups (broad SMARTS) is 1. The summed E-state index contributed by atoms with van der Waals surface area (Å²) < 4.78 is 34.3. The Bertz CT molecular complexity index is 1170. The number of fused-ring (bicyclic) bond motifs is 1. The van der Waals surface area contributed by atoms with Crippen molar-refractivity contribution in [1.82, 2.24) is 14.6 Å². The van der Waals surface area contributed by atoms with Crippen LogP contribution in [-0.4, -0.2) is 53.8 Å². The molecular formula is C21H28N4O6S2. The van der Waals surface area contributed by atoms with Crippen molar-refractivity contribution in [1.29, 1.82) is 0 Å². The maximum absolute atomic E-state index is 13.3. The van der Waals surface area contributed by atoms with Crippen LogP contribution in [0, 0.1) is 0 Å². The van der Waals surface area contributed by atoms with Gasteiger partial charge in [-0.3, -0.25) is 5.32 Å². The molecule has 0 aliphatic carbocycles. The van der Waals surface area contributed by atoms with Crippen molar-refractivity contribution < 1.29 is 27.9 Å². The summed E-state index contributed by atoms with van der Waals surface area (Å²) in [7, 11) is -3.98. The van der Waals surface area contributed by atoms with E-state index in [1.165, 1.54) is 22.3 Å². The van der Waals surface area contributed by atoms with Crippen molar-refractivity contribution in [2.75, 3.05) is 11.9 Å². The molecule has 0 bridgehead atoms. The first-order chi connectivity index (χ1) is 15.2. The third kappa shape index (κ3) is 6.21. The molecule has 2 amide bonds. The van der Waals surface area contributed by atoms with E-state index in [0.29, 0.717) is 23.5 Å². The number of rotatable bonds is 5. The lowest BCUT2D eigenvalue weighted by atomic mass is 10.1. The maximum atomic E-state index is 13.3. The molecule has 12 heteroatoms. The molecule has 2 aromatic rings. The van der Waals surface area contributed by atoms with Crippen molar-refractivity contribution in [2.24, 2.45) is 0 Å². The van der Waals surface area contributed by atoms with Gasteiger partial charge in [-0.25, -0.2) is 27.7 Å². The Morgan fingerprint density at radius 1 is 1.27 bits per heavy atom. The molecule has 0 spiro atoms. The summed E-state index contributed by atoms with van der Waals surface area (Å²) in [5.41, 5.74) is 0.662. The fourth-order valence-corrected chi connectivity index (χ4v) is 6.17. The van der Waals surface area contributed by atoms with Gasteiger partial charge in [-0.05, 0) is 52.8 Å². The Morgan fingerprint density at radius 2 is 1.97 bits per heavy atom. The summed E-state index contributed by atoms with van der Waals surface area (Å²) in [5.74, 6) is 0. The molecule has 0 radical (unpaired) electrons. The largest absolute Gasteiger partial charge is 0.465 e. The van der Waals surface area contributed by atoms with E-state index >= 15 is 0 Å². The van der Waals surface area contributed by atoms with Crippen molar-refractivity contribution in [3.05, 3.63) is 28.8 Å². The van der Waals surface area contributed by atoms with Gasteiger partial charge in [0.15, 0.2) is 0 Å². The number of thiazole rings is 1. The monoisotopic (exact) mass is 496 g/mol. The average Bonchev–Trinajstić information content (AvgIpc) is 3.08. The van der Waals surface area contributed by atoms with Gasteiger partial charge in [0.1, 0.15) is 5.01 Å². The van der Waals surface area contributed by atoms with Crippen LogP contribution >= 0.6 is 11.3 Å². The van der Waals surface area contributed by atoms with Gasteiger partial charge < -0.3 is 14.7 Å². The van der Waals surface area contributed by atoms with E-state index in [9.17, 15) is 23.1 Å². The topological polar surface area (TPSA) is 138 Å². The highest BCUT2D eigenvalue weighted by atomic mass is 32.2. The fourth-order valence-electron chi connectivity index (χ4n) is 3.29. The van der Waals surface area contributed by atoms with E-state index < -0.39 is 27.7 Å². The Morgan fingerprint density at radius 3 is 2.58 bits per heavy atom. The molecule has 0 atom stereocenters. The van der Waals surface area contributed by atoms with Gasteiger partial charge in [0, 0.05) is 34.6 Å². The van der Waals surface area contributed by atoms with Crippen molar-refractivity contribution in [3.63, 3.8) is 0 Å². The minimum Gasteiger partial charge on any atom is -0.465 e. The number of nitrogens with one attached hydrogen (secondary N) is 2. The lowest BCUT2D eigenvalue weighted by Crippen LogP contribution is -2.40. The van der Waals surface area contributed by atoms with Gasteiger partial charge in [-0.1, -0.05) is 0 Å². The zero-order chi connectivity index (χ0) is 24.6. The van der Waals surface area contributed by atoms with E-state index in [2.05, 4.69) is 15.0 Å². The Hall–Kier alpha value is -2.70. The molecule has 10 nitrogen and oxygen atoms in total. The summed E-state index contributed by atoms with van der Waals surface area (Å²) in [6.45, 7) is 9.16. The van der Waals surface area contributed by atoms with Gasteiger partial charge in [-0.2, -0.15) is 0 Å². The van der Waals surface area contributed by atoms with Crippen LogP contribution in [0.1, 0.15) is 45.2 Å². The van der Waals surface area contributed by atoms with E-state index in [4.69, 9.17) is 4.74 Å². The number of nitrogens with zero attached hydrogens (tertiary/aromatic N) is 2. The molecule has 0 saturated heterocycles. The number of carbonyl (C=O) groups is 2. The van der Waals surface area contributed by atoms with Crippen LogP contribution in [-0.2, 0) is 27.7 Å². The van der Waals surface area contributed by atoms with Crippen LogP contribution in [0.3, 0.4) is 0 Å². The number of aromatic nitrogens is 1. The van der Waals surface area contributed by atoms with Crippen molar-refractivity contribution in [3.8, 4) is 10.6 Å². The van der Waals surface area contributed by atoms with Crippen molar-refractivity contribution in [2.45, 2.75) is 64.1 Å². The Balaban J connectivity index is 2.04. The summed E-state index contributed by atoms with van der Waals surface area (Å²) in [4.78, 5) is 30.0. The minimum absolute atomic E-state index is 0.0408. The third-order valence-corrected chi connectivity index (χ3v) is 7.45. The van der Waals surface area contributed by atoms with Crippen LogP contribution in [0.25, 0.3) is 10.6 Å². The summed E-state index contributed by atoms with van der Waals surface area (Å²) in [6, 6.07) is 4.54. The first-order valence-corrected chi connectivity index (χ1v) is 12.7. The molecule has 1 aliphatic rings. The van der Waals surface area contributed by atoms with Crippen LogP contribution in [0.15, 0.2) is 23.1 Å². The molecular weight excluding hydrogens is 468 g/mol. The number of sulfonamides is 1. The van der Waals surface area contributed by atoms with Crippen molar-refractivity contribution >= 4 is 39.2 Å². The summed E-state index contributed by atoms with van der Waals surface area (Å²) in [5, 5.41) is 12.3. The van der Waals surface area contributed by atoms with Gasteiger partial charge in [0.25, 0.3) is 0 Å². The number of anilines is 1. The van der Waals surface area contributed by atoms with Gasteiger partial charge in [0.2, 0.25) is 10.0 Å². The maximum Gasteiger partial charge on any atom is 0.411 e. The van der Waals surface area contributed by atoms with Crippen LogP contribution < -0.4 is 10.0 Å². The Kier molecular flexibility index (Phi) is 7.01. The molecule has 3 rings (SSSR count). The van der Waals surface area contributed by atoms with Crippen LogP contribution in [0.4, 0.5) is 15.3 Å². The second-order valence-corrected chi connectivity index (χ2v) is 11.7. The van der Waals surface area contributed by atoms with Crippen LogP contribution in [0.2, 0.25) is 0 Å². The second-order valence-electron chi connectivity index (χ2n) is 8.99. The standard InChI is InChI=1S/C21H28N4O6S2/c1-12(2)31-19(26)22-13-6-7-14(17(10-13)33(29,30)24-21(3,4)5)18-23-15-8-9-25(20(27)28)11-16(15)32-18/h6-7,10,12,24H,8-9,11H2,1-5H3,(H,22,26)(H,27,28). The first-order valence-electron chi connectivity index (χ1n) is 10.4. The number of carbonyl (C=O) groups excluding carboxylic acids is 1. The molecule has 3 N–H and O–H groups in total. The highest BCUT2D eigenvalue weighted by Crippen LogP contribution is 2.36. The Labute approximate surface area is 197 Å². The molecule has 1 aromatic carbocycles. The minimum atomic E-state index is -3.98. The van der Waals surface area contributed by atoms with E-state index in [0.717, 1.165) is 10.6 Å². The highest BCUT2D eigenvalue weighted by molar-refractivity contribution is 7.89. The fraction of sp³-hybridized carbons (Fsp3) is 0.476. The van der Waals surface area contributed by atoms with E-state index in [1.54, 1.807) is 46.8 Å². The number of hydrogen-bond acceptors (Lipinski definition) is 7.